The molecule has 1 amide bonds. The number of amides is 1. The average Bonchev–Trinajstić information content (AvgIpc) is 2.59. The summed E-state index contributed by atoms with van der Waals surface area (Å²) in [5.41, 5.74) is 0.942. The molecule has 0 saturated carbocycles. The van der Waals surface area contributed by atoms with Crippen molar-refractivity contribution < 1.29 is 27.5 Å². The van der Waals surface area contributed by atoms with Crippen LogP contribution in [-0.2, 0) is 19.6 Å². The molecular weight excluding hydrogens is 360 g/mol. The lowest BCUT2D eigenvalue weighted by Gasteiger charge is -2.11. The molecule has 0 aliphatic carbocycles. The van der Waals surface area contributed by atoms with E-state index in [-0.39, 0.29) is 10.5 Å². The fourth-order valence-electron chi connectivity index (χ4n) is 2.14. The summed E-state index contributed by atoms with van der Waals surface area (Å²) in [7, 11) is -2.49. The Hall–Kier alpha value is -2.91. The van der Waals surface area contributed by atoms with E-state index in [1.165, 1.54) is 19.2 Å². The summed E-state index contributed by atoms with van der Waals surface area (Å²) >= 11 is 0. The number of rotatable bonds is 6. The molecule has 0 unspecified atom stereocenters. The number of carbonyl (C=O) groups excluding carboxylic acids is 2. The summed E-state index contributed by atoms with van der Waals surface area (Å²) in [6.07, 6.45) is 0. The Labute approximate surface area is 151 Å². The van der Waals surface area contributed by atoms with Gasteiger partial charge in [0.15, 0.2) is 6.61 Å². The zero-order valence-corrected chi connectivity index (χ0v) is 15.0. The third-order valence-electron chi connectivity index (χ3n) is 3.47. The van der Waals surface area contributed by atoms with Crippen LogP contribution < -0.4 is 15.2 Å². The summed E-state index contributed by atoms with van der Waals surface area (Å²) in [4.78, 5) is 23.9. The largest absolute Gasteiger partial charge is 0.495 e. The van der Waals surface area contributed by atoms with Crippen molar-refractivity contribution in [3.63, 3.8) is 0 Å². The molecule has 0 radical (unpaired) electrons. The first kappa shape index (κ1) is 19.4. The molecule has 0 aliphatic rings. The van der Waals surface area contributed by atoms with E-state index in [4.69, 9.17) is 14.6 Å². The quantitative estimate of drug-likeness (QED) is 0.733. The number of methoxy groups -OCH3 is 1. The number of para-hydroxylation sites is 2. The average molecular weight is 378 g/mol. The molecule has 8 nitrogen and oxygen atoms in total. The summed E-state index contributed by atoms with van der Waals surface area (Å²) in [6.45, 7) is 1.06. The predicted molar refractivity (Wildman–Crippen MR) is 94.5 cm³/mol. The SMILES string of the molecule is COc1ccccc1NC(=O)COC(=O)c1cc(S(N)(=O)=O)ccc1C. The molecule has 9 heteroatoms. The van der Waals surface area contributed by atoms with Crippen LogP contribution in [0, 0.1) is 6.92 Å². The molecular formula is C17H18N2O6S. The summed E-state index contributed by atoms with van der Waals surface area (Å²) in [5.74, 6) is -0.935. The fourth-order valence-corrected chi connectivity index (χ4v) is 2.68. The maximum atomic E-state index is 12.2. The lowest BCUT2D eigenvalue weighted by atomic mass is 10.1. The van der Waals surface area contributed by atoms with Gasteiger partial charge >= 0.3 is 5.97 Å². The molecule has 0 spiro atoms. The van der Waals surface area contributed by atoms with Crippen molar-refractivity contribution in [2.24, 2.45) is 5.14 Å². The number of nitrogens with two attached hydrogens (primary N) is 1. The van der Waals surface area contributed by atoms with E-state index < -0.39 is 28.5 Å². The number of nitrogens with one attached hydrogen (secondary N) is 1. The first-order valence-corrected chi connectivity index (χ1v) is 9.00. The second kappa shape index (κ2) is 7.98. The van der Waals surface area contributed by atoms with Crippen molar-refractivity contribution in [1.29, 1.82) is 0 Å². The minimum absolute atomic E-state index is 0.0154. The monoisotopic (exact) mass is 378 g/mol. The summed E-state index contributed by atoms with van der Waals surface area (Å²) < 4.78 is 32.9. The Morgan fingerprint density at radius 2 is 1.85 bits per heavy atom. The molecule has 0 atom stereocenters. The van der Waals surface area contributed by atoms with Crippen molar-refractivity contribution in [3.05, 3.63) is 53.6 Å². The molecule has 0 heterocycles. The van der Waals surface area contributed by atoms with Crippen LogP contribution in [0.5, 0.6) is 5.75 Å². The van der Waals surface area contributed by atoms with Crippen LogP contribution >= 0.6 is 0 Å². The highest BCUT2D eigenvalue weighted by Gasteiger charge is 2.17. The van der Waals surface area contributed by atoms with Gasteiger partial charge in [-0.1, -0.05) is 18.2 Å². The Balaban J connectivity index is 2.06. The molecule has 26 heavy (non-hydrogen) atoms. The molecule has 2 aromatic rings. The Bertz CT molecular complexity index is 940. The van der Waals surface area contributed by atoms with E-state index in [1.54, 1.807) is 31.2 Å². The van der Waals surface area contributed by atoms with Crippen molar-refractivity contribution in [3.8, 4) is 5.75 Å². The van der Waals surface area contributed by atoms with Crippen molar-refractivity contribution in [2.45, 2.75) is 11.8 Å². The van der Waals surface area contributed by atoms with Crippen molar-refractivity contribution >= 4 is 27.6 Å². The Kier molecular flexibility index (Phi) is 5.96. The van der Waals surface area contributed by atoms with Gasteiger partial charge in [0.1, 0.15) is 5.75 Å². The second-order valence-corrected chi connectivity index (χ2v) is 6.91. The Morgan fingerprint density at radius 3 is 2.50 bits per heavy atom. The zero-order chi connectivity index (χ0) is 19.3. The fraction of sp³-hybridized carbons (Fsp3) is 0.176. The number of primary sulfonamides is 1. The number of anilines is 1. The maximum Gasteiger partial charge on any atom is 0.338 e. The summed E-state index contributed by atoms with van der Waals surface area (Å²) in [6, 6.07) is 10.6. The van der Waals surface area contributed by atoms with Crippen LogP contribution in [0.2, 0.25) is 0 Å². The van der Waals surface area contributed by atoms with Gasteiger partial charge in [-0.05, 0) is 36.8 Å². The van der Waals surface area contributed by atoms with Crippen LogP contribution in [0.25, 0.3) is 0 Å². The minimum atomic E-state index is -3.96. The maximum absolute atomic E-state index is 12.2. The number of aryl methyl sites for hydroxylation is 1. The third-order valence-corrected chi connectivity index (χ3v) is 4.38. The van der Waals surface area contributed by atoms with Gasteiger partial charge in [0.05, 0.1) is 23.3 Å². The van der Waals surface area contributed by atoms with Crippen LogP contribution in [0.3, 0.4) is 0 Å². The predicted octanol–water partition coefficient (Wildman–Crippen LogP) is 1.45. The molecule has 138 valence electrons. The first-order valence-electron chi connectivity index (χ1n) is 7.46. The standard InChI is InChI=1S/C17H18N2O6S/c1-11-7-8-12(26(18,22)23)9-13(11)17(21)25-10-16(20)19-14-5-3-4-6-15(14)24-2/h3-9H,10H2,1-2H3,(H,19,20)(H2,18,22,23). The minimum Gasteiger partial charge on any atom is -0.495 e. The topological polar surface area (TPSA) is 125 Å². The lowest BCUT2D eigenvalue weighted by Crippen LogP contribution is -2.22. The van der Waals surface area contributed by atoms with Gasteiger partial charge in [-0.25, -0.2) is 18.4 Å². The second-order valence-electron chi connectivity index (χ2n) is 5.35. The highest BCUT2D eigenvalue weighted by molar-refractivity contribution is 7.89. The highest BCUT2D eigenvalue weighted by atomic mass is 32.2. The molecule has 0 fully saturated rings. The number of hydrogen-bond donors (Lipinski definition) is 2. The molecule has 0 aromatic heterocycles. The van der Waals surface area contributed by atoms with E-state index in [0.29, 0.717) is 17.0 Å². The molecule has 2 rings (SSSR count). The van der Waals surface area contributed by atoms with E-state index in [0.717, 1.165) is 6.07 Å². The van der Waals surface area contributed by atoms with E-state index in [2.05, 4.69) is 5.32 Å². The van der Waals surface area contributed by atoms with Crippen LogP contribution in [0.1, 0.15) is 15.9 Å². The number of ether oxygens (including phenoxy) is 2. The molecule has 0 aliphatic heterocycles. The molecule has 0 saturated heterocycles. The smallest absolute Gasteiger partial charge is 0.338 e. The normalized spacial score (nSPS) is 10.9. The highest BCUT2D eigenvalue weighted by Crippen LogP contribution is 2.23. The number of esters is 1. The van der Waals surface area contributed by atoms with Crippen molar-refractivity contribution in [2.75, 3.05) is 19.0 Å². The van der Waals surface area contributed by atoms with Gasteiger partial charge in [0.2, 0.25) is 10.0 Å². The lowest BCUT2D eigenvalue weighted by molar-refractivity contribution is -0.119. The van der Waals surface area contributed by atoms with Crippen LogP contribution in [0.15, 0.2) is 47.4 Å². The number of hydrogen-bond acceptors (Lipinski definition) is 6. The van der Waals surface area contributed by atoms with Gasteiger partial charge in [-0.2, -0.15) is 0 Å². The number of sulfonamides is 1. The molecule has 2 aromatic carbocycles. The molecule has 0 bridgehead atoms. The van der Waals surface area contributed by atoms with Gasteiger partial charge in [0.25, 0.3) is 5.91 Å². The van der Waals surface area contributed by atoms with E-state index in [9.17, 15) is 18.0 Å². The molecule has 3 N–H and O–H groups in total. The number of carbonyl (C=O) groups is 2. The van der Waals surface area contributed by atoms with Crippen LogP contribution in [-0.4, -0.2) is 34.0 Å². The zero-order valence-electron chi connectivity index (χ0n) is 14.2. The third kappa shape index (κ3) is 4.80. The van der Waals surface area contributed by atoms with E-state index >= 15 is 0 Å². The van der Waals surface area contributed by atoms with Gasteiger partial charge in [-0.3, -0.25) is 4.79 Å². The number of benzene rings is 2. The van der Waals surface area contributed by atoms with Gasteiger partial charge in [0, 0.05) is 0 Å². The Morgan fingerprint density at radius 1 is 1.15 bits per heavy atom. The first-order chi connectivity index (χ1) is 12.2. The summed E-state index contributed by atoms with van der Waals surface area (Å²) in [5, 5.41) is 7.62. The van der Waals surface area contributed by atoms with Gasteiger partial charge in [-0.15, -0.1) is 0 Å². The van der Waals surface area contributed by atoms with Crippen molar-refractivity contribution in [1.82, 2.24) is 0 Å². The van der Waals surface area contributed by atoms with Crippen LogP contribution in [0.4, 0.5) is 5.69 Å². The van der Waals surface area contributed by atoms with E-state index in [1.807, 2.05) is 0 Å². The van der Waals surface area contributed by atoms with Gasteiger partial charge < -0.3 is 14.8 Å².